The highest BCUT2D eigenvalue weighted by Gasteiger charge is 2.19. The number of amides is 2. The Labute approximate surface area is 116 Å². The fraction of sp³-hybridized carbons (Fsp3) is 0.286. The minimum Gasteiger partial charge on any atom is -0.273 e. The maximum Gasteiger partial charge on any atom is 0.271 e. The lowest BCUT2D eigenvalue weighted by Crippen LogP contribution is -2.44. The number of carbonyl (C=O) groups excluding carboxylic acids is 2. The van der Waals surface area contributed by atoms with Crippen molar-refractivity contribution in [2.24, 2.45) is 5.92 Å². The minimum absolute atomic E-state index is 0.0726. The van der Waals surface area contributed by atoms with Gasteiger partial charge in [-0.2, -0.15) is 0 Å². The molecule has 0 radical (unpaired) electrons. The number of carbonyl (C=O) groups is 2. The van der Waals surface area contributed by atoms with E-state index in [2.05, 4.69) is 16.9 Å². The molecular weight excluding hydrogens is 264 g/mol. The van der Waals surface area contributed by atoms with E-state index < -0.39 is 5.91 Å². The van der Waals surface area contributed by atoms with Crippen LogP contribution in [0.5, 0.6) is 0 Å². The molecule has 19 heavy (non-hydrogen) atoms. The Kier molecular flexibility index (Phi) is 4.58. The van der Waals surface area contributed by atoms with Gasteiger partial charge in [0.1, 0.15) is 0 Å². The number of hydrazine groups is 1. The third-order valence-electron chi connectivity index (χ3n) is 3.06. The van der Waals surface area contributed by atoms with Crippen LogP contribution in [0.15, 0.2) is 36.4 Å². The lowest BCUT2D eigenvalue weighted by molar-refractivity contribution is -0.126. The molecule has 1 atom stereocenters. The number of benzene rings is 1. The predicted molar refractivity (Wildman–Crippen MR) is 73.5 cm³/mol. The van der Waals surface area contributed by atoms with Gasteiger partial charge in [-0.15, -0.1) is 0 Å². The molecule has 0 saturated carbocycles. The van der Waals surface area contributed by atoms with Gasteiger partial charge >= 0.3 is 0 Å². The van der Waals surface area contributed by atoms with E-state index in [-0.39, 0.29) is 11.8 Å². The normalized spacial score (nSPS) is 17.8. The highest BCUT2D eigenvalue weighted by Crippen LogP contribution is 2.18. The molecular formula is C14H15ClN2O2. The first kappa shape index (κ1) is 13.6. The van der Waals surface area contributed by atoms with Gasteiger partial charge in [-0.3, -0.25) is 20.4 Å². The van der Waals surface area contributed by atoms with E-state index in [9.17, 15) is 9.59 Å². The summed E-state index contributed by atoms with van der Waals surface area (Å²) in [5.41, 5.74) is 5.18. The summed E-state index contributed by atoms with van der Waals surface area (Å²) < 4.78 is 0. The predicted octanol–water partition coefficient (Wildman–Crippen LogP) is 2.46. The van der Waals surface area contributed by atoms with Crippen molar-refractivity contribution in [3.8, 4) is 0 Å². The molecule has 0 aromatic heterocycles. The van der Waals surface area contributed by atoms with Gasteiger partial charge in [0.2, 0.25) is 5.91 Å². The molecule has 0 spiro atoms. The molecule has 0 fully saturated rings. The maximum atomic E-state index is 11.8. The minimum atomic E-state index is -0.412. The van der Waals surface area contributed by atoms with Crippen LogP contribution in [-0.2, 0) is 4.79 Å². The van der Waals surface area contributed by atoms with Gasteiger partial charge in [-0.05, 0) is 31.4 Å². The van der Waals surface area contributed by atoms with Crippen LogP contribution in [-0.4, -0.2) is 11.8 Å². The van der Waals surface area contributed by atoms with E-state index in [0.29, 0.717) is 17.0 Å². The first-order chi connectivity index (χ1) is 9.18. The fourth-order valence-electron chi connectivity index (χ4n) is 1.96. The molecule has 0 aliphatic heterocycles. The highest BCUT2D eigenvalue weighted by atomic mass is 35.5. The number of rotatable bonds is 2. The van der Waals surface area contributed by atoms with Crippen LogP contribution in [0.3, 0.4) is 0 Å². The molecule has 2 N–H and O–H groups in total. The van der Waals surface area contributed by atoms with Gasteiger partial charge in [0.25, 0.3) is 5.91 Å². The number of hydrogen-bond acceptors (Lipinski definition) is 2. The molecule has 1 aliphatic carbocycles. The van der Waals surface area contributed by atoms with Gasteiger partial charge in [0.05, 0.1) is 10.6 Å². The Morgan fingerprint density at radius 2 is 1.95 bits per heavy atom. The lowest BCUT2D eigenvalue weighted by atomic mass is 9.94. The molecule has 5 heteroatoms. The van der Waals surface area contributed by atoms with Gasteiger partial charge in [0, 0.05) is 5.92 Å². The average Bonchev–Trinajstić information content (AvgIpc) is 2.46. The van der Waals surface area contributed by atoms with Crippen LogP contribution < -0.4 is 10.9 Å². The Morgan fingerprint density at radius 3 is 2.63 bits per heavy atom. The molecule has 0 saturated heterocycles. The number of hydrogen-bond donors (Lipinski definition) is 2. The van der Waals surface area contributed by atoms with Gasteiger partial charge < -0.3 is 0 Å². The summed E-state index contributed by atoms with van der Waals surface area (Å²) in [5.74, 6) is -0.647. The summed E-state index contributed by atoms with van der Waals surface area (Å²) in [5, 5.41) is 0.356. The van der Waals surface area contributed by atoms with Crippen LogP contribution in [0.2, 0.25) is 5.02 Å². The summed E-state index contributed by atoms with van der Waals surface area (Å²) in [6, 6.07) is 6.69. The molecule has 2 amide bonds. The smallest absolute Gasteiger partial charge is 0.271 e. The molecule has 0 heterocycles. The fourth-order valence-corrected chi connectivity index (χ4v) is 2.19. The molecule has 0 unspecified atom stereocenters. The second-order valence-corrected chi connectivity index (χ2v) is 4.81. The van der Waals surface area contributed by atoms with Crippen molar-refractivity contribution in [3.63, 3.8) is 0 Å². The Hall–Kier alpha value is -1.81. The standard InChI is InChI=1S/C14H15ClN2O2/c15-12-9-5-4-8-11(12)14(19)17-16-13(18)10-6-2-1-3-7-10/h1-2,4-5,8-10H,3,6-7H2,(H,16,18)(H,17,19)/t10-/m1/s1. The first-order valence-corrected chi connectivity index (χ1v) is 6.56. The van der Waals surface area contributed by atoms with Crippen molar-refractivity contribution >= 4 is 23.4 Å². The zero-order chi connectivity index (χ0) is 13.7. The third kappa shape index (κ3) is 3.58. The Balaban J connectivity index is 1.88. The van der Waals surface area contributed by atoms with E-state index in [4.69, 9.17) is 11.6 Å². The van der Waals surface area contributed by atoms with Crippen molar-refractivity contribution in [1.29, 1.82) is 0 Å². The van der Waals surface area contributed by atoms with E-state index in [1.165, 1.54) is 0 Å². The second-order valence-electron chi connectivity index (χ2n) is 4.40. The van der Waals surface area contributed by atoms with E-state index >= 15 is 0 Å². The van der Waals surface area contributed by atoms with Crippen LogP contribution >= 0.6 is 11.6 Å². The van der Waals surface area contributed by atoms with Crippen molar-refractivity contribution in [3.05, 3.63) is 47.0 Å². The molecule has 2 rings (SSSR count). The second kappa shape index (κ2) is 6.38. The number of allylic oxidation sites excluding steroid dienone is 2. The van der Waals surface area contributed by atoms with Crippen molar-refractivity contribution < 1.29 is 9.59 Å². The van der Waals surface area contributed by atoms with E-state index in [0.717, 1.165) is 12.8 Å². The lowest BCUT2D eigenvalue weighted by Gasteiger charge is -2.17. The van der Waals surface area contributed by atoms with Crippen molar-refractivity contribution in [1.82, 2.24) is 10.9 Å². The summed E-state index contributed by atoms with van der Waals surface area (Å²) in [6.07, 6.45) is 6.48. The van der Waals surface area contributed by atoms with Gasteiger partial charge in [-0.1, -0.05) is 35.9 Å². The van der Waals surface area contributed by atoms with Crippen molar-refractivity contribution in [2.45, 2.75) is 19.3 Å². The summed E-state index contributed by atoms with van der Waals surface area (Å²) in [4.78, 5) is 23.7. The Bertz CT molecular complexity index is 514. The van der Waals surface area contributed by atoms with Crippen LogP contribution in [0.25, 0.3) is 0 Å². The Morgan fingerprint density at radius 1 is 1.16 bits per heavy atom. The molecule has 1 aromatic rings. The number of halogens is 1. The van der Waals surface area contributed by atoms with Gasteiger partial charge in [0.15, 0.2) is 0 Å². The molecule has 0 bridgehead atoms. The largest absolute Gasteiger partial charge is 0.273 e. The summed E-state index contributed by atoms with van der Waals surface area (Å²) >= 11 is 5.90. The van der Waals surface area contributed by atoms with E-state index in [1.54, 1.807) is 24.3 Å². The molecule has 4 nitrogen and oxygen atoms in total. The quantitative estimate of drug-likeness (QED) is 0.645. The summed E-state index contributed by atoms with van der Waals surface area (Å²) in [7, 11) is 0. The number of nitrogens with one attached hydrogen (secondary N) is 2. The van der Waals surface area contributed by atoms with Crippen LogP contribution in [0, 0.1) is 5.92 Å². The zero-order valence-electron chi connectivity index (χ0n) is 10.4. The topological polar surface area (TPSA) is 58.2 Å². The zero-order valence-corrected chi connectivity index (χ0v) is 11.1. The average molecular weight is 279 g/mol. The molecule has 1 aliphatic rings. The van der Waals surface area contributed by atoms with Crippen molar-refractivity contribution in [2.75, 3.05) is 0 Å². The maximum absolute atomic E-state index is 11.8. The van der Waals surface area contributed by atoms with E-state index in [1.807, 2.05) is 6.08 Å². The summed E-state index contributed by atoms with van der Waals surface area (Å²) in [6.45, 7) is 0. The molecule has 1 aromatic carbocycles. The highest BCUT2D eigenvalue weighted by molar-refractivity contribution is 6.33. The van der Waals surface area contributed by atoms with Crippen LogP contribution in [0.1, 0.15) is 29.6 Å². The third-order valence-corrected chi connectivity index (χ3v) is 3.39. The first-order valence-electron chi connectivity index (χ1n) is 6.18. The monoisotopic (exact) mass is 278 g/mol. The van der Waals surface area contributed by atoms with Crippen LogP contribution in [0.4, 0.5) is 0 Å². The van der Waals surface area contributed by atoms with Gasteiger partial charge in [-0.25, -0.2) is 0 Å². The molecule has 100 valence electrons. The SMILES string of the molecule is O=C(NNC(=O)[C@@H]1CC=CCC1)c1ccccc1Cl.